The number of nitrogens with one attached hydrogen (secondary N) is 1. The normalized spacial score (nSPS) is 17.4. The summed E-state index contributed by atoms with van der Waals surface area (Å²) in [6.07, 6.45) is 2.64. The quantitative estimate of drug-likeness (QED) is 0.888. The molecule has 0 atom stereocenters. The molecule has 1 fully saturated rings. The fourth-order valence-corrected chi connectivity index (χ4v) is 3.41. The molecule has 2 N–H and O–H groups in total. The Labute approximate surface area is 129 Å². The van der Waals surface area contributed by atoms with Crippen LogP contribution >= 0.6 is 11.3 Å². The maximum Gasteiger partial charge on any atom is 0.146 e. The molecule has 0 saturated carbocycles. The number of likely N-dealkylation sites (tertiary alicyclic amines) is 1. The largest absolute Gasteiger partial charge is 0.393 e. The minimum atomic E-state index is -0.135. The highest BCUT2D eigenvalue weighted by Gasteiger charge is 2.18. The molecule has 1 aliphatic rings. The molecule has 1 saturated heterocycles. The molecule has 0 amide bonds. The molecule has 3 heterocycles. The standard InChI is InChI=1S/C15H22N4OS/c1-2-6-16-14-12-5-9-21-15(12)18-13(17-14)10-19-7-3-11(20)4-8-19/h5,9,11,20H,2-4,6-8,10H2,1H3,(H,16,17,18). The molecular formula is C15H22N4OS. The van der Waals surface area contributed by atoms with Crippen molar-refractivity contribution in [1.82, 2.24) is 14.9 Å². The number of piperidine rings is 1. The van der Waals surface area contributed by atoms with E-state index in [2.05, 4.69) is 33.6 Å². The number of hydrogen-bond acceptors (Lipinski definition) is 6. The summed E-state index contributed by atoms with van der Waals surface area (Å²) >= 11 is 1.66. The third kappa shape index (κ3) is 3.51. The zero-order valence-corrected chi connectivity index (χ0v) is 13.2. The van der Waals surface area contributed by atoms with Crippen LogP contribution in [0.2, 0.25) is 0 Å². The number of nitrogens with zero attached hydrogens (tertiary/aromatic N) is 3. The van der Waals surface area contributed by atoms with Gasteiger partial charge in [-0.2, -0.15) is 0 Å². The van der Waals surface area contributed by atoms with Crippen molar-refractivity contribution in [2.45, 2.75) is 38.8 Å². The summed E-state index contributed by atoms with van der Waals surface area (Å²) in [5, 5.41) is 16.2. The van der Waals surface area contributed by atoms with Crippen LogP contribution in [0.15, 0.2) is 11.4 Å². The van der Waals surface area contributed by atoms with E-state index in [1.54, 1.807) is 11.3 Å². The molecule has 21 heavy (non-hydrogen) atoms. The number of anilines is 1. The lowest BCUT2D eigenvalue weighted by Crippen LogP contribution is -2.35. The molecule has 3 rings (SSSR count). The van der Waals surface area contributed by atoms with Gasteiger partial charge < -0.3 is 10.4 Å². The summed E-state index contributed by atoms with van der Waals surface area (Å²) in [6, 6.07) is 2.08. The third-order valence-electron chi connectivity index (χ3n) is 3.84. The van der Waals surface area contributed by atoms with Gasteiger partial charge in [-0.3, -0.25) is 4.90 Å². The molecule has 0 radical (unpaired) electrons. The summed E-state index contributed by atoms with van der Waals surface area (Å²) in [4.78, 5) is 12.8. The van der Waals surface area contributed by atoms with E-state index in [4.69, 9.17) is 4.98 Å². The highest BCUT2D eigenvalue weighted by atomic mass is 32.1. The fraction of sp³-hybridized carbons (Fsp3) is 0.600. The van der Waals surface area contributed by atoms with Crippen LogP contribution in [0.3, 0.4) is 0 Å². The lowest BCUT2D eigenvalue weighted by Gasteiger charge is -2.28. The highest BCUT2D eigenvalue weighted by molar-refractivity contribution is 7.16. The molecule has 5 nitrogen and oxygen atoms in total. The van der Waals surface area contributed by atoms with Crippen molar-refractivity contribution >= 4 is 27.4 Å². The Kier molecular flexibility index (Phi) is 4.67. The van der Waals surface area contributed by atoms with Gasteiger partial charge in [-0.25, -0.2) is 9.97 Å². The van der Waals surface area contributed by atoms with E-state index < -0.39 is 0 Å². The van der Waals surface area contributed by atoms with Gasteiger partial charge in [0, 0.05) is 19.6 Å². The van der Waals surface area contributed by atoms with Crippen LogP contribution in [-0.4, -0.2) is 45.7 Å². The molecule has 0 unspecified atom stereocenters. The monoisotopic (exact) mass is 306 g/mol. The van der Waals surface area contributed by atoms with Crippen LogP contribution in [0.5, 0.6) is 0 Å². The Morgan fingerprint density at radius 1 is 1.38 bits per heavy atom. The van der Waals surface area contributed by atoms with E-state index in [0.717, 1.165) is 67.3 Å². The van der Waals surface area contributed by atoms with Crippen molar-refractivity contribution in [3.63, 3.8) is 0 Å². The van der Waals surface area contributed by atoms with Gasteiger partial charge in [0.15, 0.2) is 0 Å². The topological polar surface area (TPSA) is 61.3 Å². The molecule has 2 aromatic rings. The Hall–Kier alpha value is -1.24. The SMILES string of the molecule is CCCNc1nc(CN2CCC(O)CC2)nc2sccc12. The van der Waals surface area contributed by atoms with E-state index in [1.165, 1.54) is 0 Å². The van der Waals surface area contributed by atoms with Crippen LogP contribution in [0.4, 0.5) is 5.82 Å². The zero-order chi connectivity index (χ0) is 14.7. The van der Waals surface area contributed by atoms with Crippen molar-refractivity contribution in [3.8, 4) is 0 Å². The van der Waals surface area contributed by atoms with E-state index in [1.807, 2.05) is 0 Å². The first-order valence-electron chi connectivity index (χ1n) is 7.64. The zero-order valence-electron chi connectivity index (χ0n) is 12.4. The van der Waals surface area contributed by atoms with E-state index in [0.29, 0.717) is 0 Å². The Balaban J connectivity index is 1.78. The minimum Gasteiger partial charge on any atom is -0.393 e. The summed E-state index contributed by atoms with van der Waals surface area (Å²) < 4.78 is 0. The predicted molar refractivity (Wildman–Crippen MR) is 86.7 cm³/mol. The van der Waals surface area contributed by atoms with Gasteiger partial charge in [0.05, 0.1) is 18.0 Å². The van der Waals surface area contributed by atoms with Gasteiger partial charge >= 0.3 is 0 Å². The van der Waals surface area contributed by atoms with Crippen LogP contribution in [0, 0.1) is 0 Å². The second kappa shape index (κ2) is 6.68. The van der Waals surface area contributed by atoms with E-state index in [9.17, 15) is 5.11 Å². The number of aliphatic hydroxyl groups is 1. The maximum atomic E-state index is 9.58. The number of aromatic nitrogens is 2. The summed E-state index contributed by atoms with van der Waals surface area (Å²) in [6.45, 7) is 5.69. The first kappa shape index (κ1) is 14.7. The first-order chi connectivity index (χ1) is 10.3. The van der Waals surface area contributed by atoms with Crippen molar-refractivity contribution < 1.29 is 5.11 Å². The average molecular weight is 306 g/mol. The van der Waals surface area contributed by atoms with Crippen molar-refractivity contribution in [2.24, 2.45) is 0 Å². The summed E-state index contributed by atoms with van der Waals surface area (Å²) in [5.41, 5.74) is 0. The predicted octanol–water partition coefficient (Wildman–Crippen LogP) is 2.47. The first-order valence-corrected chi connectivity index (χ1v) is 8.52. The number of rotatable bonds is 5. The fourth-order valence-electron chi connectivity index (χ4n) is 2.63. The molecule has 6 heteroatoms. The molecule has 0 aliphatic carbocycles. The maximum absolute atomic E-state index is 9.58. The van der Waals surface area contributed by atoms with Crippen LogP contribution in [0.25, 0.3) is 10.2 Å². The van der Waals surface area contributed by atoms with Crippen molar-refractivity contribution in [2.75, 3.05) is 25.0 Å². The van der Waals surface area contributed by atoms with Gasteiger partial charge in [-0.1, -0.05) is 6.92 Å². The molecule has 114 valence electrons. The van der Waals surface area contributed by atoms with Crippen LogP contribution < -0.4 is 5.32 Å². The number of thiophene rings is 1. The number of fused-ring (bicyclic) bond motifs is 1. The highest BCUT2D eigenvalue weighted by Crippen LogP contribution is 2.25. The second-order valence-electron chi connectivity index (χ2n) is 5.56. The number of aliphatic hydroxyl groups excluding tert-OH is 1. The van der Waals surface area contributed by atoms with Gasteiger partial charge in [-0.15, -0.1) is 11.3 Å². The molecule has 2 aromatic heterocycles. The lowest BCUT2D eigenvalue weighted by molar-refractivity contribution is 0.0781. The Bertz CT molecular complexity index is 592. The molecule has 0 aromatic carbocycles. The van der Waals surface area contributed by atoms with Crippen molar-refractivity contribution in [1.29, 1.82) is 0 Å². The van der Waals surface area contributed by atoms with Gasteiger partial charge in [0.1, 0.15) is 16.5 Å². The van der Waals surface area contributed by atoms with E-state index in [-0.39, 0.29) is 6.10 Å². The Morgan fingerprint density at radius 2 is 2.19 bits per heavy atom. The molecule has 0 spiro atoms. The minimum absolute atomic E-state index is 0.135. The third-order valence-corrected chi connectivity index (χ3v) is 4.64. The molecule has 0 bridgehead atoms. The average Bonchev–Trinajstić information content (AvgIpc) is 2.95. The van der Waals surface area contributed by atoms with Gasteiger partial charge in [-0.05, 0) is 30.7 Å². The second-order valence-corrected chi connectivity index (χ2v) is 6.46. The van der Waals surface area contributed by atoms with Crippen LogP contribution in [0.1, 0.15) is 32.0 Å². The smallest absolute Gasteiger partial charge is 0.146 e. The van der Waals surface area contributed by atoms with E-state index >= 15 is 0 Å². The lowest BCUT2D eigenvalue weighted by atomic mass is 10.1. The van der Waals surface area contributed by atoms with Crippen LogP contribution in [-0.2, 0) is 6.54 Å². The van der Waals surface area contributed by atoms with Gasteiger partial charge in [0.2, 0.25) is 0 Å². The molecular weight excluding hydrogens is 284 g/mol. The Morgan fingerprint density at radius 3 is 2.95 bits per heavy atom. The summed E-state index contributed by atoms with van der Waals surface area (Å²) in [5.74, 6) is 1.83. The summed E-state index contributed by atoms with van der Waals surface area (Å²) in [7, 11) is 0. The van der Waals surface area contributed by atoms with Gasteiger partial charge in [0.25, 0.3) is 0 Å². The van der Waals surface area contributed by atoms with Crippen molar-refractivity contribution in [3.05, 3.63) is 17.3 Å². The molecule has 1 aliphatic heterocycles. The number of hydrogen-bond donors (Lipinski definition) is 2.